The maximum atomic E-state index is 5.82. The lowest BCUT2D eigenvalue weighted by Gasteiger charge is -2.46. The molecule has 0 amide bonds. The third-order valence-corrected chi connectivity index (χ3v) is 4.33. The zero-order chi connectivity index (χ0) is 13.3. The second kappa shape index (κ2) is 4.89. The average Bonchev–Trinajstić information content (AvgIpc) is 2.42. The van der Waals surface area contributed by atoms with Crippen molar-refractivity contribution in [2.75, 3.05) is 7.11 Å². The number of hydrogen-bond donors (Lipinski definition) is 2. The smallest absolute Gasteiger partial charge is 0.0885 e. The molecule has 1 saturated carbocycles. The van der Waals surface area contributed by atoms with E-state index in [1.165, 1.54) is 11.8 Å². The van der Waals surface area contributed by atoms with Crippen LogP contribution in [-0.4, -0.2) is 17.7 Å². The van der Waals surface area contributed by atoms with Crippen molar-refractivity contribution in [2.24, 2.45) is 5.84 Å². The Balaban J connectivity index is 2.11. The number of methoxy groups -OCH3 is 1. The molecule has 19 heavy (non-hydrogen) atoms. The van der Waals surface area contributed by atoms with Crippen LogP contribution >= 0.6 is 0 Å². The molecule has 1 aliphatic carbocycles. The number of rotatable bonds is 4. The van der Waals surface area contributed by atoms with E-state index in [0.29, 0.717) is 0 Å². The maximum Gasteiger partial charge on any atom is 0.0885 e. The first-order valence-corrected chi connectivity index (χ1v) is 6.65. The number of hydrazine groups is 1. The summed E-state index contributed by atoms with van der Waals surface area (Å²) in [5.74, 6) is 5.82. The van der Waals surface area contributed by atoms with Gasteiger partial charge in [0, 0.05) is 24.9 Å². The molecule has 1 unspecified atom stereocenters. The lowest BCUT2D eigenvalue weighted by atomic mass is 9.72. The van der Waals surface area contributed by atoms with Crippen molar-refractivity contribution in [2.45, 2.75) is 30.9 Å². The van der Waals surface area contributed by atoms with Crippen molar-refractivity contribution >= 4 is 10.8 Å². The van der Waals surface area contributed by atoms with E-state index < -0.39 is 0 Å². The van der Waals surface area contributed by atoms with Gasteiger partial charge in [0.2, 0.25) is 0 Å². The Labute approximate surface area is 112 Å². The minimum atomic E-state index is -0.182. The molecular formula is C15H19N3O. The summed E-state index contributed by atoms with van der Waals surface area (Å²) in [4.78, 5) is 4.23. The van der Waals surface area contributed by atoms with Crippen molar-refractivity contribution in [3.8, 4) is 0 Å². The summed E-state index contributed by atoms with van der Waals surface area (Å²) >= 11 is 0. The van der Waals surface area contributed by atoms with Gasteiger partial charge in [-0.3, -0.25) is 16.3 Å². The molecule has 1 fully saturated rings. The Morgan fingerprint density at radius 2 is 2.21 bits per heavy atom. The van der Waals surface area contributed by atoms with Crippen LogP contribution in [0.15, 0.2) is 36.7 Å². The normalized spacial score (nSPS) is 19.1. The predicted molar refractivity (Wildman–Crippen MR) is 75.4 cm³/mol. The van der Waals surface area contributed by atoms with E-state index in [-0.39, 0.29) is 11.6 Å². The summed E-state index contributed by atoms with van der Waals surface area (Å²) in [6.45, 7) is 0. The number of nitrogens with zero attached hydrogens (tertiary/aromatic N) is 1. The quantitative estimate of drug-likeness (QED) is 0.652. The molecule has 100 valence electrons. The predicted octanol–water partition coefficient (Wildman–Crippen LogP) is 2.31. The van der Waals surface area contributed by atoms with Gasteiger partial charge in [0.15, 0.2) is 0 Å². The molecule has 1 heterocycles. The third kappa shape index (κ3) is 1.92. The summed E-state index contributed by atoms with van der Waals surface area (Å²) in [6.07, 6.45) is 6.97. The number of pyridine rings is 1. The van der Waals surface area contributed by atoms with E-state index in [1.54, 1.807) is 7.11 Å². The lowest BCUT2D eigenvalue weighted by molar-refractivity contribution is -0.0995. The maximum absolute atomic E-state index is 5.82. The summed E-state index contributed by atoms with van der Waals surface area (Å²) in [7, 11) is 1.77. The van der Waals surface area contributed by atoms with E-state index in [0.717, 1.165) is 23.8 Å². The van der Waals surface area contributed by atoms with Crippen LogP contribution in [0.2, 0.25) is 0 Å². The van der Waals surface area contributed by atoms with Crippen molar-refractivity contribution in [3.05, 3.63) is 42.2 Å². The fourth-order valence-corrected chi connectivity index (χ4v) is 3.05. The van der Waals surface area contributed by atoms with E-state index in [1.807, 2.05) is 18.5 Å². The molecule has 1 aromatic heterocycles. The van der Waals surface area contributed by atoms with Crippen molar-refractivity contribution in [1.82, 2.24) is 10.4 Å². The van der Waals surface area contributed by atoms with Gasteiger partial charge in [-0.15, -0.1) is 0 Å². The van der Waals surface area contributed by atoms with Gasteiger partial charge in [0.25, 0.3) is 0 Å². The molecule has 0 bridgehead atoms. The van der Waals surface area contributed by atoms with Gasteiger partial charge in [-0.1, -0.05) is 18.2 Å². The summed E-state index contributed by atoms with van der Waals surface area (Å²) < 4.78 is 5.77. The third-order valence-electron chi connectivity index (χ3n) is 4.33. The Hall–Kier alpha value is -1.49. The van der Waals surface area contributed by atoms with Gasteiger partial charge in [-0.05, 0) is 36.3 Å². The highest BCUT2D eigenvalue weighted by Crippen LogP contribution is 2.45. The highest BCUT2D eigenvalue weighted by atomic mass is 16.5. The Morgan fingerprint density at radius 1 is 1.37 bits per heavy atom. The highest BCUT2D eigenvalue weighted by Gasteiger charge is 2.45. The molecule has 1 aliphatic rings. The largest absolute Gasteiger partial charge is 0.376 e. The first-order valence-electron chi connectivity index (χ1n) is 6.65. The fourth-order valence-electron chi connectivity index (χ4n) is 3.05. The Bertz CT molecular complexity index is 570. The first kappa shape index (κ1) is 12.5. The molecule has 1 atom stereocenters. The zero-order valence-corrected chi connectivity index (χ0v) is 11.1. The minimum absolute atomic E-state index is 0.000787. The van der Waals surface area contributed by atoms with E-state index >= 15 is 0 Å². The van der Waals surface area contributed by atoms with Crippen LogP contribution in [0.1, 0.15) is 30.9 Å². The molecule has 0 aliphatic heterocycles. The van der Waals surface area contributed by atoms with E-state index in [4.69, 9.17) is 10.6 Å². The number of nitrogens with one attached hydrogen (secondary N) is 1. The van der Waals surface area contributed by atoms with Crippen molar-refractivity contribution in [1.29, 1.82) is 0 Å². The Morgan fingerprint density at radius 3 is 2.84 bits per heavy atom. The molecule has 0 spiro atoms. The van der Waals surface area contributed by atoms with Gasteiger partial charge in [-0.25, -0.2) is 0 Å². The number of nitrogens with two attached hydrogens (primary N) is 1. The van der Waals surface area contributed by atoms with E-state index in [2.05, 4.69) is 28.6 Å². The summed E-state index contributed by atoms with van der Waals surface area (Å²) in [5.41, 5.74) is 3.93. The summed E-state index contributed by atoms with van der Waals surface area (Å²) in [5, 5.41) is 2.31. The Kier molecular flexibility index (Phi) is 3.22. The highest BCUT2D eigenvalue weighted by molar-refractivity contribution is 5.85. The van der Waals surface area contributed by atoms with Gasteiger partial charge >= 0.3 is 0 Å². The number of aromatic nitrogens is 1. The topological polar surface area (TPSA) is 60.2 Å². The SMILES string of the molecule is COC1(C(NN)c2cccc3ccncc23)CCC1. The molecule has 1 aromatic carbocycles. The second-order valence-electron chi connectivity index (χ2n) is 5.17. The number of benzene rings is 1. The molecule has 0 radical (unpaired) electrons. The zero-order valence-electron chi connectivity index (χ0n) is 11.1. The van der Waals surface area contributed by atoms with Crippen LogP contribution in [0, 0.1) is 0 Å². The first-order chi connectivity index (χ1) is 9.30. The van der Waals surface area contributed by atoms with Crippen LogP contribution in [0.5, 0.6) is 0 Å². The molecule has 3 rings (SSSR count). The van der Waals surface area contributed by atoms with Gasteiger partial charge in [-0.2, -0.15) is 0 Å². The van der Waals surface area contributed by atoms with Crippen LogP contribution in [-0.2, 0) is 4.74 Å². The summed E-state index contributed by atoms with van der Waals surface area (Å²) in [6, 6.07) is 8.28. The standard InChI is InChI=1S/C15H19N3O/c1-19-15(7-3-8-15)14(18-16)12-5-2-4-11-6-9-17-10-13(11)12/h2,4-6,9-10,14,18H,3,7-8,16H2,1H3. The molecule has 0 saturated heterocycles. The van der Waals surface area contributed by atoms with Crippen LogP contribution < -0.4 is 11.3 Å². The van der Waals surface area contributed by atoms with Crippen LogP contribution in [0.3, 0.4) is 0 Å². The molecule has 3 N–H and O–H groups in total. The minimum Gasteiger partial charge on any atom is -0.376 e. The van der Waals surface area contributed by atoms with E-state index in [9.17, 15) is 0 Å². The fraction of sp³-hybridized carbons (Fsp3) is 0.400. The molecule has 4 nitrogen and oxygen atoms in total. The van der Waals surface area contributed by atoms with Gasteiger partial charge in [0.1, 0.15) is 0 Å². The monoisotopic (exact) mass is 257 g/mol. The molecular weight excluding hydrogens is 238 g/mol. The average molecular weight is 257 g/mol. The van der Waals surface area contributed by atoms with Crippen LogP contribution in [0.4, 0.5) is 0 Å². The molecule has 2 aromatic rings. The number of hydrogen-bond acceptors (Lipinski definition) is 4. The lowest BCUT2D eigenvalue weighted by Crippen LogP contribution is -2.52. The van der Waals surface area contributed by atoms with Crippen LogP contribution in [0.25, 0.3) is 10.8 Å². The molecule has 4 heteroatoms. The number of ether oxygens (including phenoxy) is 1. The number of fused-ring (bicyclic) bond motifs is 1. The van der Waals surface area contributed by atoms with Crippen molar-refractivity contribution in [3.63, 3.8) is 0 Å². The van der Waals surface area contributed by atoms with Gasteiger partial charge < -0.3 is 4.74 Å². The van der Waals surface area contributed by atoms with Crippen molar-refractivity contribution < 1.29 is 4.74 Å². The second-order valence-corrected chi connectivity index (χ2v) is 5.17. The van der Waals surface area contributed by atoms with Gasteiger partial charge in [0.05, 0.1) is 11.6 Å².